The molecule has 1 heterocycles. The Labute approximate surface area is 83.0 Å². The van der Waals surface area contributed by atoms with Gasteiger partial charge < -0.3 is 5.32 Å². The van der Waals surface area contributed by atoms with Crippen molar-refractivity contribution in [1.82, 2.24) is 9.97 Å². The first kappa shape index (κ1) is 8.95. The van der Waals surface area contributed by atoms with Crippen molar-refractivity contribution in [1.29, 1.82) is 5.26 Å². The Kier molecular flexibility index (Phi) is 2.32. The van der Waals surface area contributed by atoms with E-state index < -0.39 is 0 Å². The van der Waals surface area contributed by atoms with E-state index in [0.717, 1.165) is 24.2 Å². The van der Waals surface area contributed by atoms with Crippen LogP contribution in [0.5, 0.6) is 0 Å². The van der Waals surface area contributed by atoms with Crippen LogP contribution in [0.4, 0.5) is 5.82 Å². The molecule has 1 aromatic heterocycles. The van der Waals surface area contributed by atoms with Crippen LogP contribution in [0.2, 0.25) is 0 Å². The summed E-state index contributed by atoms with van der Waals surface area (Å²) in [5.41, 5.74) is 0.357. The summed E-state index contributed by atoms with van der Waals surface area (Å²) in [7, 11) is 0. The Hall–Kier alpha value is -1.63. The predicted molar refractivity (Wildman–Crippen MR) is 52.5 cm³/mol. The summed E-state index contributed by atoms with van der Waals surface area (Å²) in [6, 6.07) is 1.94. The summed E-state index contributed by atoms with van der Waals surface area (Å²) in [4.78, 5) is 8.01. The lowest BCUT2D eigenvalue weighted by Crippen LogP contribution is -2.06. The second kappa shape index (κ2) is 3.62. The van der Waals surface area contributed by atoms with E-state index in [1.54, 1.807) is 6.20 Å². The maximum absolute atomic E-state index is 8.52. The van der Waals surface area contributed by atoms with Crippen LogP contribution in [0.15, 0.2) is 12.4 Å². The molecule has 2 atom stereocenters. The highest BCUT2D eigenvalue weighted by Crippen LogP contribution is 2.37. The van der Waals surface area contributed by atoms with Gasteiger partial charge in [0, 0.05) is 6.54 Å². The van der Waals surface area contributed by atoms with Gasteiger partial charge in [0.2, 0.25) is 0 Å². The number of hydrogen-bond donors (Lipinski definition) is 1. The summed E-state index contributed by atoms with van der Waals surface area (Å²) >= 11 is 0. The van der Waals surface area contributed by atoms with Crippen LogP contribution in [0.25, 0.3) is 0 Å². The number of rotatable bonds is 3. The van der Waals surface area contributed by atoms with Crippen LogP contribution < -0.4 is 5.32 Å². The molecule has 0 radical (unpaired) electrons. The lowest BCUT2D eigenvalue weighted by molar-refractivity contribution is 0.783. The molecule has 72 valence electrons. The van der Waals surface area contributed by atoms with Crippen LogP contribution >= 0.6 is 0 Å². The molecule has 1 N–H and O–H groups in total. The average molecular weight is 188 g/mol. The number of nitrogens with zero attached hydrogens (tertiary/aromatic N) is 3. The Bertz CT molecular complexity index is 351. The lowest BCUT2D eigenvalue weighted by atomic mass is 10.3. The number of hydrogen-bond acceptors (Lipinski definition) is 4. The Morgan fingerprint density at radius 3 is 2.86 bits per heavy atom. The molecule has 1 aliphatic rings. The quantitative estimate of drug-likeness (QED) is 0.779. The maximum Gasteiger partial charge on any atom is 0.158 e. The molecule has 0 spiro atoms. The molecule has 4 nitrogen and oxygen atoms in total. The summed E-state index contributed by atoms with van der Waals surface area (Å²) < 4.78 is 0. The van der Waals surface area contributed by atoms with E-state index in [2.05, 4.69) is 22.2 Å². The molecule has 1 saturated carbocycles. The first-order valence-corrected chi connectivity index (χ1v) is 4.75. The number of nitrogens with one attached hydrogen (secondary N) is 1. The fraction of sp³-hybridized carbons (Fsp3) is 0.500. The SMILES string of the molecule is CC1CC1CNc1cnc(C#N)cn1. The summed E-state index contributed by atoms with van der Waals surface area (Å²) in [6.07, 6.45) is 4.39. The zero-order valence-electron chi connectivity index (χ0n) is 8.07. The molecule has 0 aliphatic heterocycles. The van der Waals surface area contributed by atoms with E-state index in [9.17, 15) is 0 Å². The molecule has 0 saturated heterocycles. The van der Waals surface area contributed by atoms with Crippen molar-refractivity contribution >= 4 is 5.82 Å². The zero-order chi connectivity index (χ0) is 9.97. The minimum atomic E-state index is 0.357. The molecule has 1 aromatic rings. The molecule has 1 fully saturated rings. The van der Waals surface area contributed by atoms with E-state index in [-0.39, 0.29) is 0 Å². The van der Waals surface area contributed by atoms with Crippen LogP contribution in [0.3, 0.4) is 0 Å². The van der Waals surface area contributed by atoms with E-state index in [0.29, 0.717) is 5.69 Å². The fourth-order valence-corrected chi connectivity index (χ4v) is 1.40. The highest BCUT2D eigenvalue weighted by atomic mass is 15.0. The fourth-order valence-electron chi connectivity index (χ4n) is 1.40. The largest absolute Gasteiger partial charge is 0.369 e. The van der Waals surface area contributed by atoms with Crippen molar-refractivity contribution in [3.05, 3.63) is 18.1 Å². The molecular formula is C10H12N4. The van der Waals surface area contributed by atoms with Gasteiger partial charge in [-0.1, -0.05) is 6.92 Å². The van der Waals surface area contributed by atoms with Crippen LogP contribution in [0, 0.1) is 23.2 Å². The molecule has 2 rings (SSSR count). The Balaban J connectivity index is 1.87. The van der Waals surface area contributed by atoms with Gasteiger partial charge >= 0.3 is 0 Å². The van der Waals surface area contributed by atoms with Gasteiger partial charge in [-0.05, 0) is 18.3 Å². The van der Waals surface area contributed by atoms with Crippen molar-refractivity contribution < 1.29 is 0 Å². The highest BCUT2D eigenvalue weighted by Gasteiger charge is 2.31. The van der Waals surface area contributed by atoms with Crippen molar-refractivity contribution in [3.63, 3.8) is 0 Å². The maximum atomic E-state index is 8.52. The second-order valence-electron chi connectivity index (χ2n) is 3.75. The molecule has 0 bridgehead atoms. The lowest BCUT2D eigenvalue weighted by Gasteiger charge is -2.02. The van der Waals surface area contributed by atoms with E-state index >= 15 is 0 Å². The van der Waals surface area contributed by atoms with Gasteiger partial charge in [0.1, 0.15) is 11.9 Å². The summed E-state index contributed by atoms with van der Waals surface area (Å²) in [6.45, 7) is 3.21. The summed E-state index contributed by atoms with van der Waals surface area (Å²) in [5, 5.41) is 11.7. The van der Waals surface area contributed by atoms with Crippen molar-refractivity contribution in [3.8, 4) is 6.07 Å². The smallest absolute Gasteiger partial charge is 0.158 e. The van der Waals surface area contributed by atoms with E-state index in [1.807, 2.05) is 6.07 Å². The van der Waals surface area contributed by atoms with Crippen molar-refractivity contribution in [2.75, 3.05) is 11.9 Å². The minimum Gasteiger partial charge on any atom is -0.369 e. The molecule has 2 unspecified atom stereocenters. The number of aromatic nitrogens is 2. The number of nitriles is 1. The summed E-state index contributed by atoms with van der Waals surface area (Å²) in [5.74, 6) is 2.38. The van der Waals surface area contributed by atoms with Crippen LogP contribution in [-0.4, -0.2) is 16.5 Å². The topological polar surface area (TPSA) is 61.6 Å². The monoisotopic (exact) mass is 188 g/mol. The second-order valence-corrected chi connectivity index (χ2v) is 3.75. The Morgan fingerprint density at radius 1 is 1.57 bits per heavy atom. The average Bonchev–Trinajstić information content (AvgIpc) is 2.92. The molecular weight excluding hydrogens is 176 g/mol. The van der Waals surface area contributed by atoms with Crippen LogP contribution in [-0.2, 0) is 0 Å². The molecule has 14 heavy (non-hydrogen) atoms. The van der Waals surface area contributed by atoms with E-state index in [4.69, 9.17) is 5.26 Å². The van der Waals surface area contributed by atoms with Gasteiger partial charge in [0.05, 0.1) is 12.4 Å². The van der Waals surface area contributed by atoms with Gasteiger partial charge in [-0.2, -0.15) is 5.26 Å². The first-order valence-electron chi connectivity index (χ1n) is 4.75. The van der Waals surface area contributed by atoms with Gasteiger partial charge in [0.25, 0.3) is 0 Å². The standard InChI is InChI=1S/C10H12N4/c1-7-2-8(7)4-13-10-6-12-9(3-11)5-14-10/h5-8H,2,4H2,1H3,(H,13,14). The number of anilines is 1. The molecule has 0 aromatic carbocycles. The molecule has 4 heteroatoms. The zero-order valence-corrected chi connectivity index (χ0v) is 8.07. The van der Waals surface area contributed by atoms with Crippen molar-refractivity contribution in [2.24, 2.45) is 11.8 Å². The van der Waals surface area contributed by atoms with Crippen LogP contribution in [0.1, 0.15) is 19.0 Å². The molecule has 0 amide bonds. The highest BCUT2D eigenvalue weighted by molar-refractivity contribution is 5.33. The predicted octanol–water partition coefficient (Wildman–Crippen LogP) is 1.42. The molecule has 1 aliphatic carbocycles. The van der Waals surface area contributed by atoms with Gasteiger partial charge in [-0.3, -0.25) is 0 Å². The third-order valence-electron chi connectivity index (χ3n) is 2.59. The third kappa shape index (κ3) is 1.99. The van der Waals surface area contributed by atoms with Gasteiger partial charge in [-0.25, -0.2) is 9.97 Å². The Morgan fingerprint density at radius 2 is 2.36 bits per heavy atom. The minimum absolute atomic E-state index is 0.357. The van der Waals surface area contributed by atoms with Gasteiger partial charge in [-0.15, -0.1) is 0 Å². The normalized spacial score (nSPS) is 24.0. The van der Waals surface area contributed by atoms with Gasteiger partial charge in [0.15, 0.2) is 5.69 Å². The van der Waals surface area contributed by atoms with E-state index in [1.165, 1.54) is 12.6 Å². The van der Waals surface area contributed by atoms with Crippen molar-refractivity contribution in [2.45, 2.75) is 13.3 Å². The third-order valence-corrected chi connectivity index (χ3v) is 2.59. The first-order chi connectivity index (χ1) is 6.79.